The fourth-order valence-electron chi connectivity index (χ4n) is 2.40. The first kappa shape index (κ1) is 17.9. The second kappa shape index (κ2) is 8.46. The van der Waals surface area contributed by atoms with Crippen molar-refractivity contribution in [2.75, 3.05) is 6.44 Å². The molecule has 0 radical (unpaired) electrons. The molecule has 9 heteroatoms. The van der Waals surface area contributed by atoms with Crippen molar-refractivity contribution in [2.24, 2.45) is 5.16 Å². The molecule has 0 saturated heterocycles. The summed E-state index contributed by atoms with van der Waals surface area (Å²) in [6.45, 7) is 0.349. The van der Waals surface area contributed by atoms with Crippen LogP contribution < -0.4 is 10.1 Å². The van der Waals surface area contributed by atoms with Crippen LogP contribution in [0.3, 0.4) is 0 Å². The highest BCUT2D eigenvalue weighted by Crippen LogP contribution is 2.21. The van der Waals surface area contributed by atoms with Gasteiger partial charge in [-0.25, -0.2) is 0 Å². The van der Waals surface area contributed by atoms with E-state index in [0.717, 1.165) is 11.3 Å². The Balaban J connectivity index is 1.57. The molecule has 1 aliphatic rings. The number of amides is 1. The van der Waals surface area contributed by atoms with E-state index in [1.807, 2.05) is 42.5 Å². The fraction of sp³-hybridized carbons (Fsp3) is 0.235. The molecule has 2 heterocycles. The fourth-order valence-corrected chi connectivity index (χ4v) is 2.40. The van der Waals surface area contributed by atoms with Gasteiger partial charge in [0.25, 0.3) is 5.91 Å². The van der Waals surface area contributed by atoms with Gasteiger partial charge in [-0.3, -0.25) is 9.78 Å². The molecule has 26 heavy (non-hydrogen) atoms. The zero-order valence-electron chi connectivity index (χ0n) is 13.9. The van der Waals surface area contributed by atoms with Gasteiger partial charge in [0.2, 0.25) is 6.10 Å². The minimum atomic E-state index is -1.60. The third-order valence-corrected chi connectivity index (χ3v) is 3.70. The molecule has 1 amide bonds. The van der Waals surface area contributed by atoms with Crippen molar-refractivity contribution in [3.63, 3.8) is 0 Å². The van der Waals surface area contributed by atoms with Crippen molar-refractivity contribution < 1.29 is 24.4 Å². The molecular weight excluding hydrogens is 337 g/mol. The van der Waals surface area contributed by atoms with Crippen molar-refractivity contribution >= 4 is 18.7 Å². The number of nitrogens with zero attached hydrogens (tertiary/aromatic N) is 2. The van der Waals surface area contributed by atoms with Crippen LogP contribution in [0.2, 0.25) is 0 Å². The van der Waals surface area contributed by atoms with E-state index < -0.39 is 19.1 Å². The first-order chi connectivity index (χ1) is 12.6. The maximum absolute atomic E-state index is 11.9. The number of pyridine rings is 1. The lowest BCUT2D eigenvalue weighted by molar-refractivity contribution is -0.130. The summed E-state index contributed by atoms with van der Waals surface area (Å²) in [5.74, 6) is 0.214. The summed E-state index contributed by atoms with van der Waals surface area (Å²) in [7, 11) is -1.60. The minimum Gasteiger partial charge on any atom is -0.487 e. The van der Waals surface area contributed by atoms with Gasteiger partial charge in [0.05, 0.1) is 17.8 Å². The second-order valence-electron chi connectivity index (χ2n) is 5.70. The summed E-state index contributed by atoms with van der Waals surface area (Å²) in [6, 6.07) is 13.0. The monoisotopic (exact) mass is 355 g/mol. The molecular formula is C17H18BN3O5. The number of nitrogens with one attached hydrogen (secondary N) is 1. The van der Waals surface area contributed by atoms with Crippen LogP contribution in [0.15, 0.2) is 53.8 Å². The van der Waals surface area contributed by atoms with Gasteiger partial charge in [-0.2, -0.15) is 0 Å². The normalized spacial score (nSPS) is 15.8. The molecule has 3 N–H and O–H groups in total. The van der Waals surface area contributed by atoms with Gasteiger partial charge in [-0.15, -0.1) is 0 Å². The molecule has 0 saturated carbocycles. The third kappa shape index (κ3) is 4.81. The Morgan fingerprint density at radius 1 is 1.31 bits per heavy atom. The van der Waals surface area contributed by atoms with E-state index in [9.17, 15) is 4.79 Å². The first-order valence-electron chi connectivity index (χ1n) is 8.11. The van der Waals surface area contributed by atoms with Gasteiger partial charge in [-0.1, -0.05) is 23.4 Å². The van der Waals surface area contributed by atoms with E-state index in [1.165, 1.54) is 0 Å². The highest BCUT2D eigenvalue weighted by Gasteiger charge is 2.29. The van der Waals surface area contributed by atoms with Crippen LogP contribution in [0.25, 0.3) is 0 Å². The molecule has 1 atom stereocenters. The third-order valence-electron chi connectivity index (χ3n) is 3.70. The maximum Gasteiger partial charge on any atom is 0.472 e. The Kier molecular flexibility index (Phi) is 5.82. The number of hydrogen-bond donors (Lipinski definition) is 3. The van der Waals surface area contributed by atoms with Gasteiger partial charge >= 0.3 is 7.12 Å². The molecule has 1 aromatic carbocycles. The Morgan fingerprint density at radius 2 is 2.19 bits per heavy atom. The second-order valence-corrected chi connectivity index (χ2v) is 5.70. The highest BCUT2D eigenvalue weighted by atomic mass is 16.6. The molecule has 0 aliphatic carbocycles. The first-order valence-corrected chi connectivity index (χ1v) is 8.11. The van der Waals surface area contributed by atoms with Crippen LogP contribution in [-0.2, 0) is 16.2 Å². The summed E-state index contributed by atoms with van der Waals surface area (Å²) in [5.41, 5.74) is 2.24. The molecule has 0 spiro atoms. The predicted octanol–water partition coefficient (Wildman–Crippen LogP) is 0.282. The molecule has 1 aromatic heterocycles. The van der Waals surface area contributed by atoms with E-state index in [2.05, 4.69) is 15.5 Å². The van der Waals surface area contributed by atoms with Crippen LogP contribution in [-0.4, -0.2) is 46.3 Å². The molecule has 0 bridgehead atoms. The molecule has 8 nitrogen and oxygen atoms in total. The number of aromatic nitrogens is 1. The Morgan fingerprint density at radius 3 is 2.96 bits per heavy atom. The quantitative estimate of drug-likeness (QED) is 0.615. The standard InChI is InChI=1S/C17H18BN3O5/c22-17(20-11-18(23)24)16-9-15(21-26-16)12-4-3-6-14(8-12)25-10-13-5-1-2-7-19-13/h1-8,16,23-24H,9-11H2,(H,20,22). The zero-order valence-corrected chi connectivity index (χ0v) is 13.9. The predicted molar refractivity (Wildman–Crippen MR) is 94.2 cm³/mol. The maximum atomic E-state index is 11.9. The van der Waals surface area contributed by atoms with E-state index in [-0.39, 0.29) is 12.9 Å². The van der Waals surface area contributed by atoms with Crippen LogP contribution in [0.4, 0.5) is 0 Å². The number of oxime groups is 1. The molecule has 1 aliphatic heterocycles. The largest absolute Gasteiger partial charge is 0.487 e. The summed E-state index contributed by atoms with van der Waals surface area (Å²) in [5, 5.41) is 23.9. The summed E-state index contributed by atoms with van der Waals surface area (Å²) in [4.78, 5) is 21.2. The Labute approximate surface area is 150 Å². The topological polar surface area (TPSA) is 113 Å². The van der Waals surface area contributed by atoms with E-state index >= 15 is 0 Å². The molecule has 134 valence electrons. The van der Waals surface area contributed by atoms with E-state index in [1.54, 1.807) is 6.20 Å². The van der Waals surface area contributed by atoms with Crippen molar-refractivity contribution in [3.8, 4) is 5.75 Å². The number of hydrogen-bond acceptors (Lipinski definition) is 7. The number of carbonyl (C=O) groups excluding carboxylic acids is 1. The molecule has 2 aromatic rings. The van der Waals surface area contributed by atoms with Gasteiger partial charge in [0, 0.05) is 18.2 Å². The summed E-state index contributed by atoms with van der Waals surface area (Å²) in [6.07, 6.45) is 0.949. The Hall–Kier alpha value is -2.91. The minimum absolute atomic E-state index is 0.259. The average Bonchev–Trinajstić information content (AvgIpc) is 3.16. The molecule has 3 rings (SSSR count). The van der Waals surface area contributed by atoms with Crippen LogP contribution in [0, 0.1) is 0 Å². The van der Waals surface area contributed by atoms with Gasteiger partial charge in [0.1, 0.15) is 12.4 Å². The zero-order chi connectivity index (χ0) is 18.4. The van der Waals surface area contributed by atoms with Gasteiger partial charge < -0.3 is 24.9 Å². The lowest BCUT2D eigenvalue weighted by atomic mass is 9.92. The van der Waals surface area contributed by atoms with Gasteiger partial charge in [0.15, 0.2) is 0 Å². The average molecular weight is 355 g/mol. The Bertz CT molecular complexity index is 785. The van der Waals surface area contributed by atoms with E-state index in [0.29, 0.717) is 18.1 Å². The number of benzene rings is 1. The summed E-state index contributed by atoms with van der Waals surface area (Å²) >= 11 is 0. The van der Waals surface area contributed by atoms with Gasteiger partial charge in [-0.05, 0) is 24.3 Å². The lowest BCUT2D eigenvalue weighted by Gasteiger charge is -2.09. The molecule has 1 unspecified atom stereocenters. The van der Waals surface area contributed by atoms with E-state index in [4.69, 9.17) is 19.6 Å². The summed E-state index contributed by atoms with van der Waals surface area (Å²) < 4.78 is 5.74. The smallest absolute Gasteiger partial charge is 0.472 e. The van der Waals surface area contributed by atoms with Crippen LogP contribution >= 0.6 is 0 Å². The number of ether oxygens (including phenoxy) is 1. The van der Waals surface area contributed by atoms with Crippen molar-refractivity contribution in [1.29, 1.82) is 0 Å². The SMILES string of the molecule is O=C(NCB(O)O)C1CC(c2cccc(OCc3ccccn3)c2)=NO1. The van der Waals surface area contributed by atoms with Crippen LogP contribution in [0.5, 0.6) is 5.75 Å². The number of carbonyl (C=O) groups is 1. The molecule has 0 fully saturated rings. The van der Waals surface area contributed by atoms with Crippen molar-refractivity contribution in [2.45, 2.75) is 19.1 Å². The lowest BCUT2D eigenvalue weighted by Crippen LogP contribution is -2.41. The van der Waals surface area contributed by atoms with Crippen molar-refractivity contribution in [3.05, 3.63) is 59.9 Å². The van der Waals surface area contributed by atoms with Crippen molar-refractivity contribution in [1.82, 2.24) is 10.3 Å². The highest BCUT2D eigenvalue weighted by molar-refractivity contribution is 6.41. The number of rotatable bonds is 7. The van der Waals surface area contributed by atoms with Crippen LogP contribution in [0.1, 0.15) is 17.7 Å².